The summed E-state index contributed by atoms with van der Waals surface area (Å²) < 4.78 is 12.9. The highest BCUT2D eigenvalue weighted by Crippen LogP contribution is 2.10. The zero-order chi connectivity index (χ0) is 12.7. The molecule has 0 aliphatic carbocycles. The van der Waals surface area contributed by atoms with Gasteiger partial charge in [0.1, 0.15) is 5.82 Å². The van der Waals surface area contributed by atoms with Crippen molar-refractivity contribution in [3.8, 4) is 0 Å². The Balaban J connectivity index is 2.57. The molecule has 0 radical (unpaired) electrons. The average Bonchev–Trinajstić information content (AvgIpc) is 2.30. The van der Waals surface area contributed by atoms with Gasteiger partial charge in [-0.1, -0.05) is 6.07 Å². The predicted molar refractivity (Wildman–Crippen MR) is 64.4 cm³/mol. The van der Waals surface area contributed by atoms with Crippen molar-refractivity contribution in [1.29, 1.82) is 0 Å². The number of carbonyl (C=O) groups excluding carboxylic acids is 1. The number of amides is 2. The molecular weight excluding hydrogens is 223 g/mol. The van der Waals surface area contributed by atoms with Crippen molar-refractivity contribution in [3.63, 3.8) is 0 Å². The Morgan fingerprint density at radius 1 is 1.53 bits per heavy atom. The maximum absolute atomic E-state index is 12.9. The minimum Gasteiger partial charge on any atom is -0.396 e. The number of carbonyl (C=O) groups is 1. The largest absolute Gasteiger partial charge is 0.396 e. The van der Waals surface area contributed by atoms with Gasteiger partial charge in [-0.3, -0.25) is 0 Å². The van der Waals surface area contributed by atoms with Gasteiger partial charge < -0.3 is 15.3 Å². The van der Waals surface area contributed by atoms with Crippen molar-refractivity contribution in [2.45, 2.75) is 13.3 Å². The minimum atomic E-state index is -0.388. The molecular formula is C12H17FN2O2. The van der Waals surface area contributed by atoms with Crippen molar-refractivity contribution < 1.29 is 14.3 Å². The highest BCUT2D eigenvalue weighted by atomic mass is 19.1. The van der Waals surface area contributed by atoms with Crippen LogP contribution in [0.3, 0.4) is 0 Å². The second kappa shape index (κ2) is 6.85. The number of urea groups is 1. The van der Waals surface area contributed by atoms with Gasteiger partial charge in [0.2, 0.25) is 0 Å². The van der Waals surface area contributed by atoms with Crippen LogP contribution in [0.1, 0.15) is 13.3 Å². The number of aliphatic hydroxyl groups is 1. The van der Waals surface area contributed by atoms with E-state index in [1.807, 2.05) is 6.92 Å². The third kappa shape index (κ3) is 4.40. The summed E-state index contributed by atoms with van der Waals surface area (Å²) >= 11 is 0. The number of halogens is 1. The van der Waals surface area contributed by atoms with E-state index in [1.54, 1.807) is 11.0 Å². The second-order valence-electron chi connectivity index (χ2n) is 3.60. The van der Waals surface area contributed by atoms with E-state index < -0.39 is 0 Å². The van der Waals surface area contributed by atoms with E-state index in [0.717, 1.165) is 0 Å². The van der Waals surface area contributed by atoms with E-state index in [4.69, 9.17) is 5.11 Å². The zero-order valence-electron chi connectivity index (χ0n) is 9.82. The molecule has 0 saturated heterocycles. The Labute approximate surface area is 100 Å². The lowest BCUT2D eigenvalue weighted by molar-refractivity contribution is 0.205. The lowest BCUT2D eigenvalue weighted by atomic mass is 10.3. The number of anilines is 1. The molecule has 0 aliphatic heterocycles. The molecule has 0 fully saturated rings. The summed E-state index contributed by atoms with van der Waals surface area (Å²) in [5.74, 6) is -0.388. The molecule has 0 atom stereocenters. The van der Waals surface area contributed by atoms with Gasteiger partial charge in [-0.05, 0) is 31.5 Å². The smallest absolute Gasteiger partial charge is 0.321 e. The summed E-state index contributed by atoms with van der Waals surface area (Å²) in [6.07, 6.45) is 0.532. The Kier molecular flexibility index (Phi) is 5.42. The predicted octanol–water partition coefficient (Wildman–Crippen LogP) is 2.06. The van der Waals surface area contributed by atoms with E-state index in [9.17, 15) is 9.18 Å². The lowest BCUT2D eigenvalue weighted by Gasteiger charge is -2.20. The van der Waals surface area contributed by atoms with Crippen LogP contribution in [0.25, 0.3) is 0 Å². The van der Waals surface area contributed by atoms with Crippen LogP contribution in [0.5, 0.6) is 0 Å². The number of rotatable bonds is 5. The summed E-state index contributed by atoms with van der Waals surface area (Å²) in [6, 6.07) is 5.46. The van der Waals surface area contributed by atoms with Gasteiger partial charge in [0, 0.05) is 25.4 Å². The van der Waals surface area contributed by atoms with E-state index in [1.165, 1.54) is 18.2 Å². The molecule has 4 nitrogen and oxygen atoms in total. The molecule has 0 aliphatic rings. The fourth-order valence-corrected chi connectivity index (χ4v) is 1.43. The minimum absolute atomic E-state index is 0.0454. The fraction of sp³-hybridized carbons (Fsp3) is 0.417. The second-order valence-corrected chi connectivity index (χ2v) is 3.60. The number of hydrogen-bond acceptors (Lipinski definition) is 2. The van der Waals surface area contributed by atoms with E-state index >= 15 is 0 Å². The Morgan fingerprint density at radius 2 is 2.29 bits per heavy atom. The Morgan fingerprint density at radius 3 is 2.88 bits per heavy atom. The van der Waals surface area contributed by atoms with Crippen LogP contribution in [0.4, 0.5) is 14.9 Å². The maximum atomic E-state index is 12.9. The van der Waals surface area contributed by atoms with Crippen LogP contribution < -0.4 is 5.32 Å². The summed E-state index contributed by atoms with van der Waals surface area (Å²) in [7, 11) is 0. The molecule has 1 aromatic rings. The fourth-order valence-electron chi connectivity index (χ4n) is 1.43. The van der Waals surface area contributed by atoms with Crippen LogP contribution in [-0.2, 0) is 0 Å². The summed E-state index contributed by atoms with van der Waals surface area (Å²) in [5, 5.41) is 11.3. The number of benzene rings is 1. The molecule has 1 aromatic carbocycles. The van der Waals surface area contributed by atoms with Gasteiger partial charge >= 0.3 is 6.03 Å². The first kappa shape index (κ1) is 13.4. The molecule has 2 N–H and O–H groups in total. The normalized spacial score (nSPS) is 10.1. The summed E-state index contributed by atoms with van der Waals surface area (Å²) in [5.41, 5.74) is 0.428. The molecule has 0 spiro atoms. The molecule has 0 unspecified atom stereocenters. The molecule has 0 saturated carbocycles. The first-order valence-corrected chi connectivity index (χ1v) is 5.59. The number of nitrogens with zero attached hydrogens (tertiary/aromatic N) is 1. The van der Waals surface area contributed by atoms with Crippen molar-refractivity contribution in [1.82, 2.24) is 4.90 Å². The van der Waals surface area contributed by atoms with E-state index in [-0.39, 0.29) is 18.5 Å². The van der Waals surface area contributed by atoms with Crippen molar-refractivity contribution in [2.75, 3.05) is 25.0 Å². The highest BCUT2D eigenvalue weighted by Gasteiger charge is 2.10. The third-order valence-electron chi connectivity index (χ3n) is 2.33. The first-order valence-electron chi connectivity index (χ1n) is 5.59. The standard InChI is InChI=1S/C12H17FN2O2/c1-2-15(7-4-8-16)12(17)14-11-6-3-5-10(13)9-11/h3,5-6,9,16H,2,4,7-8H2,1H3,(H,14,17). The maximum Gasteiger partial charge on any atom is 0.321 e. The number of nitrogens with one attached hydrogen (secondary N) is 1. The summed E-state index contributed by atoms with van der Waals surface area (Å²) in [4.78, 5) is 13.3. The Bertz CT molecular complexity index is 371. The molecule has 5 heteroatoms. The van der Waals surface area contributed by atoms with Crippen LogP contribution in [0.15, 0.2) is 24.3 Å². The van der Waals surface area contributed by atoms with E-state index in [2.05, 4.69) is 5.32 Å². The topological polar surface area (TPSA) is 52.6 Å². The van der Waals surface area contributed by atoms with Crippen LogP contribution in [0, 0.1) is 5.82 Å². The lowest BCUT2D eigenvalue weighted by Crippen LogP contribution is -2.35. The van der Waals surface area contributed by atoms with Crippen molar-refractivity contribution >= 4 is 11.7 Å². The monoisotopic (exact) mass is 240 g/mol. The van der Waals surface area contributed by atoms with Gasteiger partial charge in [0.25, 0.3) is 0 Å². The van der Waals surface area contributed by atoms with E-state index in [0.29, 0.717) is 25.2 Å². The van der Waals surface area contributed by atoms with Gasteiger partial charge in [-0.15, -0.1) is 0 Å². The highest BCUT2D eigenvalue weighted by molar-refractivity contribution is 5.89. The molecule has 2 amide bonds. The van der Waals surface area contributed by atoms with Crippen LogP contribution >= 0.6 is 0 Å². The number of aliphatic hydroxyl groups excluding tert-OH is 1. The van der Waals surface area contributed by atoms with Gasteiger partial charge in [0.15, 0.2) is 0 Å². The molecule has 0 heterocycles. The molecule has 94 valence electrons. The van der Waals surface area contributed by atoms with Gasteiger partial charge in [-0.25, -0.2) is 9.18 Å². The molecule has 0 aromatic heterocycles. The molecule has 0 bridgehead atoms. The van der Waals surface area contributed by atoms with Crippen molar-refractivity contribution in [2.24, 2.45) is 0 Å². The third-order valence-corrected chi connectivity index (χ3v) is 2.33. The van der Waals surface area contributed by atoms with Gasteiger partial charge in [0.05, 0.1) is 0 Å². The molecule has 1 rings (SSSR count). The van der Waals surface area contributed by atoms with Crippen molar-refractivity contribution in [3.05, 3.63) is 30.1 Å². The first-order chi connectivity index (χ1) is 8.17. The average molecular weight is 240 g/mol. The van der Waals surface area contributed by atoms with Gasteiger partial charge in [-0.2, -0.15) is 0 Å². The van der Waals surface area contributed by atoms with Crippen LogP contribution in [-0.4, -0.2) is 35.7 Å². The quantitative estimate of drug-likeness (QED) is 0.827. The molecule has 17 heavy (non-hydrogen) atoms. The summed E-state index contributed by atoms with van der Waals surface area (Å²) in [6.45, 7) is 2.92. The SMILES string of the molecule is CCN(CCCO)C(=O)Nc1cccc(F)c1. The van der Waals surface area contributed by atoms with Crippen LogP contribution in [0.2, 0.25) is 0 Å². The number of hydrogen-bond donors (Lipinski definition) is 2. The zero-order valence-corrected chi connectivity index (χ0v) is 9.82. The Hall–Kier alpha value is -1.62.